The first-order chi connectivity index (χ1) is 12.6. The first-order valence-electron chi connectivity index (χ1n) is 8.76. The molecule has 0 aliphatic heterocycles. The minimum atomic E-state index is -0.596. The van der Waals surface area contributed by atoms with Crippen LogP contribution in [0, 0.1) is 5.92 Å². The minimum absolute atomic E-state index is 0.0535. The van der Waals surface area contributed by atoms with Crippen LogP contribution in [0.4, 0.5) is 4.79 Å². The molecule has 0 bridgehead atoms. The highest BCUT2D eigenvalue weighted by Crippen LogP contribution is 2.35. The Kier molecular flexibility index (Phi) is 6.59. The van der Waals surface area contributed by atoms with E-state index in [-0.39, 0.29) is 17.7 Å². The van der Waals surface area contributed by atoms with Gasteiger partial charge in [0.05, 0.1) is 18.0 Å². The van der Waals surface area contributed by atoms with Gasteiger partial charge in [-0.2, -0.15) is 0 Å². The third-order valence-electron chi connectivity index (χ3n) is 3.66. The Morgan fingerprint density at radius 1 is 1.15 bits per heavy atom. The summed E-state index contributed by atoms with van der Waals surface area (Å²) in [5, 5.41) is 3.51. The molecule has 1 heterocycles. The third kappa shape index (κ3) is 5.53. The fourth-order valence-corrected chi connectivity index (χ4v) is 3.72. The highest BCUT2D eigenvalue weighted by molar-refractivity contribution is 7.15. The predicted octanol–water partition coefficient (Wildman–Crippen LogP) is 4.82. The van der Waals surface area contributed by atoms with Crippen molar-refractivity contribution in [2.24, 2.45) is 5.92 Å². The molecule has 1 aromatic carbocycles. The van der Waals surface area contributed by atoms with Gasteiger partial charge in [0.1, 0.15) is 10.6 Å². The topological polar surface area (TPSA) is 77.5 Å². The lowest BCUT2D eigenvalue weighted by molar-refractivity contribution is 0.0489. The van der Waals surface area contributed by atoms with Gasteiger partial charge in [-0.25, -0.2) is 14.6 Å². The van der Waals surface area contributed by atoms with Crippen LogP contribution in [0.15, 0.2) is 30.3 Å². The van der Waals surface area contributed by atoms with Crippen LogP contribution >= 0.6 is 11.3 Å². The molecule has 2 rings (SSSR count). The average Bonchev–Trinajstić information content (AvgIpc) is 3.03. The van der Waals surface area contributed by atoms with E-state index in [0.717, 1.165) is 5.56 Å². The summed E-state index contributed by atoms with van der Waals surface area (Å²) in [6, 6.07) is 9.14. The molecular formula is C20H26N2O4S. The zero-order valence-electron chi connectivity index (χ0n) is 16.5. The van der Waals surface area contributed by atoms with Crippen molar-refractivity contribution < 1.29 is 19.1 Å². The van der Waals surface area contributed by atoms with Crippen LogP contribution in [-0.4, -0.2) is 29.8 Å². The van der Waals surface area contributed by atoms with Crippen LogP contribution in [0.5, 0.6) is 0 Å². The second-order valence-corrected chi connectivity index (χ2v) is 8.49. The largest absolute Gasteiger partial charge is 0.464 e. The maximum Gasteiger partial charge on any atom is 0.408 e. The van der Waals surface area contributed by atoms with Gasteiger partial charge in [0.25, 0.3) is 0 Å². The Morgan fingerprint density at radius 3 is 2.30 bits per heavy atom. The van der Waals surface area contributed by atoms with Gasteiger partial charge in [0.15, 0.2) is 5.69 Å². The van der Waals surface area contributed by atoms with E-state index in [0.29, 0.717) is 9.88 Å². The van der Waals surface area contributed by atoms with E-state index in [1.807, 2.05) is 65.0 Å². The van der Waals surface area contributed by atoms with Crippen LogP contribution < -0.4 is 5.32 Å². The SMILES string of the molecule is COC(=O)c1nc([C@@H](NC(=O)OC(C)(C)C)C(C)C)sc1-c1ccccc1. The van der Waals surface area contributed by atoms with Gasteiger partial charge in [-0.1, -0.05) is 44.2 Å². The first-order valence-corrected chi connectivity index (χ1v) is 9.58. The molecule has 0 radical (unpaired) electrons. The Morgan fingerprint density at radius 2 is 1.78 bits per heavy atom. The van der Waals surface area contributed by atoms with E-state index in [4.69, 9.17) is 9.47 Å². The quantitative estimate of drug-likeness (QED) is 0.741. The zero-order chi connectivity index (χ0) is 20.2. The zero-order valence-corrected chi connectivity index (χ0v) is 17.3. The van der Waals surface area contributed by atoms with Gasteiger partial charge in [-0.15, -0.1) is 11.3 Å². The van der Waals surface area contributed by atoms with Crippen molar-refractivity contribution in [2.45, 2.75) is 46.3 Å². The molecule has 1 N–H and O–H groups in total. The molecular weight excluding hydrogens is 364 g/mol. The summed E-state index contributed by atoms with van der Waals surface area (Å²) in [5.41, 5.74) is 0.530. The standard InChI is InChI=1S/C20H26N2O4S/c1-12(2)14(22-19(24)26-20(3,4)5)17-21-15(18(23)25-6)16(27-17)13-10-8-7-9-11-13/h7-12,14H,1-6H3,(H,22,24)/t14-/m0/s1. The van der Waals surface area contributed by atoms with Gasteiger partial charge >= 0.3 is 12.1 Å². The molecule has 2 aromatic rings. The normalized spacial score (nSPS) is 12.6. The summed E-state index contributed by atoms with van der Waals surface area (Å²) in [4.78, 5) is 29.7. The number of carbonyl (C=O) groups excluding carboxylic acids is 2. The molecule has 6 nitrogen and oxygen atoms in total. The summed E-state index contributed by atoms with van der Waals surface area (Å²) in [7, 11) is 1.33. The smallest absolute Gasteiger partial charge is 0.408 e. The number of nitrogens with zero attached hydrogens (tertiary/aromatic N) is 1. The lowest BCUT2D eigenvalue weighted by atomic mass is 10.1. The summed E-state index contributed by atoms with van der Waals surface area (Å²) >= 11 is 1.37. The van der Waals surface area contributed by atoms with E-state index >= 15 is 0 Å². The molecule has 146 valence electrons. The number of thiazole rings is 1. The molecule has 27 heavy (non-hydrogen) atoms. The molecule has 7 heteroatoms. The van der Waals surface area contributed by atoms with Crippen molar-refractivity contribution in [3.63, 3.8) is 0 Å². The number of carbonyl (C=O) groups is 2. The average molecular weight is 391 g/mol. The molecule has 0 aliphatic carbocycles. The van der Waals surface area contributed by atoms with Crippen LogP contribution in [0.25, 0.3) is 10.4 Å². The number of esters is 1. The van der Waals surface area contributed by atoms with Crippen LogP contribution in [0.2, 0.25) is 0 Å². The van der Waals surface area contributed by atoms with Crippen LogP contribution in [0.3, 0.4) is 0 Å². The van der Waals surface area contributed by atoms with E-state index in [9.17, 15) is 9.59 Å². The van der Waals surface area contributed by atoms with Gasteiger partial charge < -0.3 is 14.8 Å². The van der Waals surface area contributed by atoms with Crippen molar-refractivity contribution >= 4 is 23.4 Å². The number of hydrogen-bond donors (Lipinski definition) is 1. The second-order valence-electron chi connectivity index (χ2n) is 7.46. The number of aromatic nitrogens is 1. The Balaban J connectivity index is 2.41. The number of nitrogens with one attached hydrogen (secondary N) is 1. The highest BCUT2D eigenvalue weighted by Gasteiger charge is 2.28. The van der Waals surface area contributed by atoms with Gasteiger partial charge in [0, 0.05) is 0 Å². The predicted molar refractivity (Wildman–Crippen MR) is 106 cm³/mol. The number of amides is 1. The number of ether oxygens (including phenoxy) is 2. The van der Waals surface area contributed by atoms with Crippen molar-refractivity contribution in [3.05, 3.63) is 41.0 Å². The monoisotopic (exact) mass is 390 g/mol. The number of hydrogen-bond acceptors (Lipinski definition) is 6. The van der Waals surface area contributed by atoms with E-state index in [1.54, 1.807) is 0 Å². The molecule has 0 unspecified atom stereocenters. The molecule has 0 fully saturated rings. The Labute approximate surface area is 163 Å². The number of benzene rings is 1. The number of methoxy groups -OCH3 is 1. The van der Waals surface area contributed by atoms with Gasteiger partial charge in [0.2, 0.25) is 0 Å². The molecule has 0 spiro atoms. The molecule has 0 aliphatic rings. The number of alkyl carbamates (subject to hydrolysis) is 1. The Hall–Kier alpha value is -2.41. The lowest BCUT2D eigenvalue weighted by Gasteiger charge is -2.24. The van der Waals surface area contributed by atoms with Crippen molar-refractivity contribution in [1.29, 1.82) is 0 Å². The molecule has 1 aromatic heterocycles. The maximum atomic E-state index is 12.3. The minimum Gasteiger partial charge on any atom is -0.464 e. The summed E-state index contributed by atoms with van der Waals surface area (Å²) in [6.07, 6.45) is -0.516. The molecule has 1 atom stereocenters. The van der Waals surface area contributed by atoms with E-state index in [1.165, 1.54) is 18.4 Å². The summed E-state index contributed by atoms with van der Waals surface area (Å²) < 4.78 is 10.3. The fourth-order valence-electron chi connectivity index (χ4n) is 2.44. The fraction of sp³-hybridized carbons (Fsp3) is 0.450. The first kappa shape index (κ1) is 20.9. The van der Waals surface area contributed by atoms with Gasteiger partial charge in [-0.05, 0) is 32.3 Å². The lowest BCUT2D eigenvalue weighted by Crippen LogP contribution is -2.36. The van der Waals surface area contributed by atoms with Crippen LogP contribution in [-0.2, 0) is 9.47 Å². The molecule has 1 amide bonds. The molecule has 0 saturated carbocycles. The van der Waals surface area contributed by atoms with Crippen molar-refractivity contribution in [3.8, 4) is 10.4 Å². The second kappa shape index (κ2) is 8.52. The third-order valence-corrected chi connectivity index (χ3v) is 4.85. The number of rotatable bonds is 5. The van der Waals surface area contributed by atoms with Crippen LogP contribution in [0.1, 0.15) is 56.2 Å². The summed E-state index contributed by atoms with van der Waals surface area (Å²) in [6.45, 7) is 9.38. The van der Waals surface area contributed by atoms with E-state index < -0.39 is 17.7 Å². The van der Waals surface area contributed by atoms with Crippen molar-refractivity contribution in [2.75, 3.05) is 7.11 Å². The van der Waals surface area contributed by atoms with E-state index in [2.05, 4.69) is 10.3 Å². The Bertz CT molecular complexity index is 794. The van der Waals surface area contributed by atoms with Crippen molar-refractivity contribution in [1.82, 2.24) is 10.3 Å². The van der Waals surface area contributed by atoms with Gasteiger partial charge in [-0.3, -0.25) is 0 Å². The maximum absolute atomic E-state index is 12.3. The molecule has 0 saturated heterocycles. The summed E-state index contributed by atoms with van der Waals surface area (Å²) in [5.74, 6) is -0.450. The highest BCUT2D eigenvalue weighted by atomic mass is 32.1.